The van der Waals surface area contributed by atoms with Crippen molar-refractivity contribution in [2.75, 3.05) is 21.2 Å². The molecule has 0 bridgehead atoms. The Balaban J connectivity index is 1.67. The highest BCUT2D eigenvalue weighted by molar-refractivity contribution is 7.89. The normalized spacial score (nSPS) is 11.9. The van der Waals surface area contributed by atoms with E-state index in [4.69, 9.17) is 4.74 Å². The van der Waals surface area contributed by atoms with Crippen molar-refractivity contribution < 1.29 is 17.9 Å². The van der Waals surface area contributed by atoms with Gasteiger partial charge in [-0.1, -0.05) is 24.3 Å². The molecule has 0 radical (unpaired) electrons. The predicted octanol–water partition coefficient (Wildman–Crippen LogP) is 2.22. The average molecular weight is 445 g/mol. The summed E-state index contributed by atoms with van der Waals surface area (Å²) in [4.78, 5) is 17.1. The van der Waals surface area contributed by atoms with Crippen molar-refractivity contribution in [3.63, 3.8) is 0 Å². The number of carbonyl (C=O) groups excluding carboxylic acids is 1. The molecular weight excluding hydrogens is 416 g/mol. The summed E-state index contributed by atoms with van der Waals surface area (Å²) in [5, 5.41) is 2.95. The highest BCUT2D eigenvalue weighted by Gasteiger charge is 2.19. The molecule has 1 aromatic heterocycles. The predicted molar refractivity (Wildman–Crippen MR) is 119 cm³/mol. The molecule has 0 saturated carbocycles. The molecule has 0 fully saturated rings. The van der Waals surface area contributed by atoms with Gasteiger partial charge in [-0.05, 0) is 29.3 Å². The van der Waals surface area contributed by atoms with Crippen LogP contribution in [0.3, 0.4) is 0 Å². The second-order valence-electron chi connectivity index (χ2n) is 7.50. The van der Waals surface area contributed by atoms with Gasteiger partial charge in [0, 0.05) is 47.6 Å². The van der Waals surface area contributed by atoms with Crippen LogP contribution in [-0.4, -0.2) is 49.4 Å². The van der Waals surface area contributed by atoms with Crippen LogP contribution in [-0.2, 0) is 46.2 Å². The first-order valence-corrected chi connectivity index (χ1v) is 11.4. The molecule has 1 heterocycles. The smallest absolute Gasteiger partial charge is 0.242 e. The molecule has 0 aliphatic heterocycles. The van der Waals surface area contributed by atoms with Gasteiger partial charge in [-0.2, -0.15) is 0 Å². The van der Waals surface area contributed by atoms with E-state index in [1.165, 1.54) is 18.4 Å². The summed E-state index contributed by atoms with van der Waals surface area (Å²) in [6.07, 6.45) is 0.735. The quantitative estimate of drug-likeness (QED) is 0.546. The SMILES string of the molecule is COCc1ccccc1CNC(=O)CCc1nc2cc(S(=O)(=O)N(C)C)ccc2n1C. The first kappa shape index (κ1) is 22.9. The summed E-state index contributed by atoms with van der Waals surface area (Å²) in [6.45, 7) is 0.935. The number of nitrogens with one attached hydrogen (secondary N) is 1. The molecule has 0 saturated heterocycles. The topological polar surface area (TPSA) is 93.5 Å². The standard InChI is InChI=1S/C22H28N4O4S/c1-25(2)31(28,29)18-9-10-20-19(13-18)24-21(26(20)3)11-12-22(27)23-14-16-7-5-6-8-17(16)15-30-4/h5-10,13H,11-12,14-15H2,1-4H3,(H,23,27). The Kier molecular flexibility index (Phi) is 7.09. The molecule has 0 aliphatic carbocycles. The Morgan fingerprint density at radius 3 is 2.55 bits per heavy atom. The van der Waals surface area contributed by atoms with Gasteiger partial charge in [0.1, 0.15) is 5.82 Å². The third-order valence-electron chi connectivity index (χ3n) is 5.19. The van der Waals surface area contributed by atoms with Crippen LogP contribution in [0.2, 0.25) is 0 Å². The summed E-state index contributed by atoms with van der Waals surface area (Å²) in [7, 11) is 2.97. The minimum Gasteiger partial charge on any atom is -0.380 e. The van der Waals surface area contributed by atoms with Crippen molar-refractivity contribution in [1.82, 2.24) is 19.2 Å². The van der Waals surface area contributed by atoms with Gasteiger partial charge in [-0.25, -0.2) is 17.7 Å². The number of methoxy groups -OCH3 is 1. The molecule has 0 spiro atoms. The number of ether oxygens (including phenoxy) is 1. The van der Waals surface area contributed by atoms with E-state index in [-0.39, 0.29) is 17.2 Å². The number of aryl methyl sites for hydroxylation is 2. The molecular formula is C22H28N4O4S. The lowest BCUT2D eigenvalue weighted by Crippen LogP contribution is -2.24. The zero-order valence-electron chi connectivity index (χ0n) is 18.3. The minimum absolute atomic E-state index is 0.0739. The van der Waals surface area contributed by atoms with Crippen molar-refractivity contribution in [1.29, 1.82) is 0 Å². The van der Waals surface area contributed by atoms with Gasteiger partial charge in [-0.15, -0.1) is 0 Å². The van der Waals surface area contributed by atoms with Gasteiger partial charge in [0.2, 0.25) is 15.9 Å². The van der Waals surface area contributed by atoms with Gasteiger partial charge < -0.3 is 14.6 Å². The van der Waals surface area contributed by atoms with Gasteiger partial charge in [0.15, 0.2) is 0 Å². The molecule has 0 atom stereocenters. The second kappa shape index (κ2) is 9.59. The number of rotatable bonds is 9. The summed E-state index contributed by atoms with van der Waals surface area (Å²) in [5.74, 6) is 0.652. The van der Waals surface area contributed by atoms with Crippen molar-refractivity contribution in [3.05, 3.63) is 59.4 Å². The van der Waals surface area contributed by atoms with E-state index in [0.29, 0.717) is 25.1 Å². The van der Waals surface area contributed by atoms with Crippen LogP contribution >= 0.6 is 0 Å². The van der Waals surface area contributed by atoms with Crippen LogP contribution in [0, 0.1) is 0 Å². The van der Waals surface area contributed by atoms with E-state index in [2.05, 4.69) is 10.3 Å². The fourth-order valence-corrected chi connectivity index (χ4v) is 4.28. The Morgan fingerprint density at radius 1 is 1.16 bits per heavy atom. The lowest BCUT2D eigenvalue weighted by molar-refractivity contribution is -0.121. The molecule has 0 unspecified atom stereocenters. The largest absolute Gasteiger partial charge is 0.380 e. The van der Waals surface area contributed by atoms with Crippen LogP contribution in [0.1, 0.15) is 23.4 Å². The van der Waals surface area contributed by atoms with Crippen molar-refractivity contribution in [2.45, 2.75) is 30.9 Å². The third kappa shape index (κ3) is 5.12. The number of hydrogen-bond donors (Lipinski definition) is 1. The molecule has 1 amide bonds. The average Bonchev–Trinajstić information content (AvgIpc) is 3.06. The summed E-state index contributed by atoms with van der Waals surface area (Å²) < 4.78 is 33.0. The molecule has 31 heavy (non-hydrogen) atoms. The van der Waals surface area contributed by atoms with Gasteiger partial charge in [-0.3, -0.25) is 4.79 Å². The third-order valence-corrected chi connectivity index (χ3v) is 7.00. The molecule has 166 valence electrons. The highest BCUT2D eigenvalue weighted by Crippen LogP contribution is 2.22. The minimum atomic E-state index is -3.53. The molecule has 8 nitrogen and oxygen atoms in total. The monoisotopic (exact) mass is 444 g/mol. The number of benzene rings is 2. The number of imidazole rings is 1. The van der Waals surface area contributed by atoms with Crippen molar-refractivity contribution in [2.24, 2.45) is 7.05 Å². The van der Waals surface area contributed by atoms with E-state index in [9.17, 15) is 13.2 Å². The summed E-state index contributed by atoms with van der Waals surface area (Å²) in [6, 6.07) is 12.7. The van der Waals surface area contributed by atoms with Crippen LogP contribution in [0.15, 0.2) is 47.4 Å². The Hall–Kier alpha value is -2.75. The molecule has 3 rings (SSSR count). The van der Waals surface area contributed by atoms with E-state index in [1.807, 2.05) is 35.9 Å². The Morgan fingerprint density at radius 2 is 1.87 bits per heavy atom. The first-order chi connectivity index (χ1) is 14.7. The van der Waals surface area contributed by atoms with Crippen molar-refractivity contribution >= 4 is 27.0 Å². The number of aromatic nitrogens is 2. The summed E-state index contributed by atoms with van der Waals surface area (Å²) >= 11 is 0. The van der Waals surface area contributed by atoms with Gasteiger partial charge in [0.05, 0.1) is 22.5 Å². The van der Waals surface area contributed by atoms with E-state index in [0.717, 1.165) is 22.5 Å². The molecule has 1 N–H and O–H groups in total. The lowest BCUT2D eigenvalue weighted by Gasteiger charge is -2.11. The zero-order chi connectivity index (χ0) is 22.6. The van der Waals surface area contributed by atoms with Gasteiger partial charge in [0.25, 0.3) is 0 Å². The van der Waals surface area contributed by atoms with Crippen LogP contribution < -0.4 is 5.32 Å². The number of carbonyl (C=O) groups is 1. The maximum Gasteiger partial charge on any atom is 0.242 e. The van der Waals surface area contributed by atoms with E-state index in [1.54, 1.807) is 25.3 Å². The Labute approximate surface area is 182 Å². The number of hydrogen-bond acceptors (Lipinski definition) is 5. The fourth-order valence-electron chi connectivity index (χ4n) is 3.36. The van der Waals surface area contributed by atoms with E-state index >= 15 is 0 Å². The number of fused-ring (bicyclic) bond motifs is 1. The fraction of sp³-hybridized carbons (Fsp3) is 0.364. The Bertz CT molecular complexity index is 1190. The summed E-state index contributed by atoms with van der Waals surface area (Å²) in [5.41, 5.74) is 3.48. The first-order valence-electron chi connectivity index (χ1n) is 9.94. The van der Waals surface area contributed by atoms with Crippen LogP contribution in [0.5, 0.6) is 0 Å². The lowest BCUT2D eigenvalue weighted by atomic mass is 10.1. The molecule has 2 aromatic carbocycles. The molecule has 3 aromatic rings. The van der Waals surface area contributed by atoms with Crippen LogP contribution in [0.4, 0.5) is 0 Å². The number of sulfonamides is 1. The molecule has 9 heteroatoms. The zero-order valence-corrected chi connectivity index (χ0v) is 19.1. The van der Waals surface area contributed by atoms with Gasteiger partial charge >= 0.3 is 0 Å². The molecule has 0 aliphatic rings. The number of amides is 1. The maximum atomic E-state index is 12.4. The second-order valence-corrected chi connectivity index (χ2v) is 9.66. The highest BCUT2D eigenvalue weighted by atomic mass is 32.2. The number of nitrogens with zero attached hydrogens (tertiary/aromatic N) is 3. The maximum absolute atomic E-state index is 12.4. The van der Waals surface area contributed by atoms with Crippen LogP contribution in [0.25, 0.3) is 11.0 Å². The van der Waals surface area contributed by atoms with Crippen molar-refractivity contribution in [3.8, 4) is 0 Å². The van der Waals surface area contributed by atoms with E-state index < -0.39 is 10.0 Å².